The van der Waals surface area contributed by atoms with Crippen molar-refractivity contribution in [3.8, 4) is 0 Å². The number of hydrogen-bond donors (Lipinski definition) is 0. The molecule has 0 bridgehead atoms. The topological polar surface area (TPSA) is 52.6 Å². The van der Waals surface area contributed by atoms with E-state index >= 15 is 0 Å². The number of hydrogen-bond acceptors (Lipinski definition) is 4. The molecule has 0 aromatic heterocycles. The Kier molecular flexibility index (Phi) is 7.63. The van der Waals surface area contributed by atoms with Crippen LogP contribution in [0.15, 0.2) is 23.8 Å². The van der Waals surface area contributed by atoms with Crippen molar-refractivity contribution in [3.05, 3.63) is 23.8 Å². The van der Waals surface area contributed by atoms with Gasteiger partial charge in [-0.2, -0.15) is 0 Å². The molecule has 144 valence electrons. The molecule has 2 aliphatic carbocycles. The molecule has 4 nitrogen and oxygen atoms in total. The first-order valence-electron chi connectivity index (χ1n) is 10.3. The predicted octanol–water partition coefficient (Wildman–Crippen LogP) is 4.33. The van der Waals surface area contributed by atoms with E-state index in [0.717, 1.165) is 51.7 Å². The quantitative estimate of drug-likeness (QED) is 0.701. The monoisotopic (exact) mass is 360 g/mol. The standard InChI is InChI=1S/2C11H16O2/c2*12-10-5-3-9(4-6-10)8-11-2-1-7-13-11/h3,11H,1-2,4-8H2;3,5,9,11H,1-2,4,6-8H2. The van der Waals surface area contributed by atoms with Gasteiger partial charge >= 0.3 is 0 Å². The van der Waals surface area contributed by atoms with E-state index in [1.807, 2.05) is 0 Å². The van der Waals surface area contributed by atoms with Crippen LogP contribution < -0.4 is 0 Å². The summed E-state index contributed by atoms with van der Waals surface area (Å²) in [6.45, 7) is 1.86. The summed E-state index contributed by atoms with van der Waals surface area (Å²) in [6.07, 6.45) is 17.9. The average Bonchev–Trinajstić information content (AvgIpc) is 3.34. The van der Waals surface area contributed by atoms with E-state index in [9.17, 15) is 9.59 Å². The zero-order valence-corrected chi connectivity index (χ0v) is 15.8. The van der Waals surface area contributed by atoms with Gasteiger partial charge in [-0.05, 0) is 63.4 Å². The third kappa shape index (κ3) is 6.48. The molecular weight excluding hydrogens is 328 g/mol. The normalized spacial score (nSPS) is 31.5. The van der Waals surface area contributed by atoms with E-state index in [2.05, 4.69) is 12.2 Å². The van der Waals surface area contributed by atoms with Gasteiger partial charge in [0, 0.05) is 32.5 Å². The number of rotatable bonds is 4. The summed E-state index contributed by atoms with van der Waals surface area (Å²) in [5, 5.41) is 0. The third-order valence-electron chi connectivity index (χ3n) is 5.76. The molecule has 0 aromatic carbocycles. The molecule has 0 N–H and O–H groups in total. The van der Waals surface area contributed by atoms with E-state index < -0.39 is 0 Å². The van der Waals surface area contributed by atoms with Crippen LogP contribution in [-0.4, -0.2) is 37.0 Å². The zero-order chi connectivity index (χ0) is 18.2. The van der Waals surface area contributed by atoms with Crippen molar-refractivity contribution >= 4 is 11.6 Å². The molecule has 2 heterocycles. The fourth-order valence-electron chi connectivity index (χ4n) is 4.16. The van der Waals surface area contributed by atoms with E-state index in [1.165, 1.54) is 31.3 Å². The van der Waals surface area contributed by atoms with Crippen LogP contribution in [0.5, 0.6) is 0 Å². The average molecular weight is 360 g/mol. The minimum absolute atomic E-state index is 0.281. The first-order valence-corrected chi connectivity index (χ1v) is 10.3. The van der Waals surface area contributed by atoms with Gasteiger partial charge < -0.3 is 9.47 Å². The Morgan fingerprint density at radius 3 is 2.27 bits per heavy atom. The summed E-state index contributed by atoms with van der Waals surface area (Å²) in [7, 11) is 0. The van der Waals surface area contributed by atoms with Gasteiger partial charge in [0.15, 0.2) is 5.78 Å². The summed E-state index contributed by atoms with van der Waals surface area (Å²) >= 11 is 0. The Labute approximate surface area is 157 Å². The molecule has 0 amide bonds. The lowest BCUT2D eigenvalue weighted by Crippen LogP contribution is -2.15. The van der Waals surface area contributed by atoms with E-state index in [0.29, 0.717) is 30.3 Å². The minimum Gasteiger partial charge on any atom is -0.378 e. The van der Waals surface area contributed by atoms with Crippen LogP contribution in [0.3, 0.4) is 0 Å². The SMILES string of the molecule is O=C1C=CC(CC2CCCO2)CC1.O=C1CC=C(CC2CCCO2)CC1. The Bertz CT molecular complexity index is 536. The molecule has 26 heavy (non-hydrogen) atoms. The molecule has 4 rings (SSSR count). The summed E-state index contributed by atoms with van der Waals surface area (Å²) < 4.78 is 11.1. The van der Waals surface area contributed by atoms with Gasteiger partial charge in [0.25, 0.3) is 0 Å². The summed E-state index contributed by atoms with van der Waals surface area (Å²) in [5.41, 5.74) is 1.44. The molecule has 0 radical (unpaired) electrons. The predicted molar refractivity (Wildman–Crippen MR) is 101 cm³/mol. The highest BCUT2D eigenvalue weighted by Crippen LogP contribution is 2.26. The first-order chi connectivity index (χ1) is 12.7. The van der Waals surface area contributed by atoms with Crippen LogP contribution in [0.2, 0.25) is 0 Å². The van der Waals surface area contributed by atoms with E-state index in [4.69, 9.17) is 9.47 Å². The first kappa shape index (κ1) is 19.5. The summed E-state index contributed by atoms with van der Waals surface area (Å²) in [6, 6.07) is 0. The number of carbonyl (C=O) groups excluding carboxylic acids is 2. The van der Waals surface area contributed by atoms with E-state index in [-0.39, 0.29) is 5.78 Å². The van der Waals surface area contributed by atoms with E-state index in [1.54, 1.807) is 6.08 Å². The van der Waals surface area contributed by atoms with Crippen LogP contribution in [0, 0.1) is 5.92 Å². The Balaban J connectivity index is 0.000000151. The van der Waals surface area contributed by atoms with Crippen LogP contribution in [0.25, 0.3) is 0 Å². The van der Waals surface area contributed by atoms with Crippen molar-refractivity contribution in [1.29, 1.82) is 0 Å². The third-order valence-corrected chi connectivity index (χ3v) is 5.76. The molecule has 0 saturated carbocycles. The summed E-state index contributed by atoms with van der Waals surface area (Å²) in [5.74, 6) is 1.25. The van der Waals surface area contributed by atoms with Gasteiger partial charge in [0.1, 0.15) is 5.78 Å². The molecule has 3 atom stereocenters. The number of ketones is 2. The Hall–Kier alpha value is -1.26. The summed E-state index contributed by atoms with van der Waals surface area (Å²) in [4.78, 5) is 21.9. The Morgan fingerprint density at radius 2 is 1.69 bits per heavy atom. The van der Waals surface area contributed by atoms with Crippen molar-refractivity contribution in [1.82, 2.24) is 0 Å². The van der Waals surface area contributed by atoms with Crippen LogP contribution in [-0.2, 0) is 19.1 Å². The fraction of sp³-hybridized carbons (Fsp3) is 0.727. The van der Waals surface area contributed by atoms with Gasteiger partial charge in [-0.25, -0.2) is 0 Å². The second-order valence-electron chi connectivity index (χ2n) is 7.94. The van der Waals surface area contributed by atoms with Crippen molar-refractivity contribution in [2.45, 2.75) is 82.8 Å². The molecule has 3 unspecified atom stereocenters. The lowest BCUT2D eigenvalue weighted by atomic mass is 9.90. The van der Waals surface area contributed by atoms with Crippen molar-refractivity contribution in [2.75, 3.05) is 13.2 Å². The van der Waals surface area contributed by atoms with Gasteiger partial charge in [-0.15, -0.1) is 0 Å². The minimum atomic E-state index is 0.281. The molecule has 2 aliphatic heterocycles. The van der Waals surface area contributed by atoms with Gasteiger partial charge in [0.2, 0.25) is 0 Å². The van der Waals surface area contributed by atoms with Gasteiger partial charge in [-0.1, -0.05) is 17.7 Å². The second kappa shape index (κ2) is 10.2. The maximum Gasteiger partial charge on any atom is 0.155 e. The lowest BCUT2D eigenvalue weighted by molar-refractivity contribution is -0.118. The fourth-order valence-corrected chi connectivity index (χ4v) is 4.16. The van der Waals surface area contributed by atoms with Gasteiger partial charge in [-0.3, -0.25) is 9.59 Å². The number of ether oxygens (including phenoxy) is 2. The van der Waals surface area contributed by atoms with Crippen LogP contribution in [0.1, 0.15) is 70.6 Å². The maximum atomic E-state index is 11.0. The highest BCUT2D eigenvalue weighted by atomic mass is 16.5. The van der Waals surface area contributed by atoms with Crippen LogP contribution >= 0.6 is 0 Å². The van der Waals surface area contributed by atoms with Crippen molar-refractivity contribution < 1.29 is 19.1 Å². The van der Waals surface area contributed by atoms with Crippen molar-refractivity contribution in [2.24, 2.45) is 5.92 Å². The molecule has 4 aliphatic rings. The molecule has 4 heteroatoms. The largest absolute Gasteiger partial charge is 0.378 e. The van der Waals surface area contributed by atoms with Gasteiger partial charge in [0.05, 0.1) is 12.2 Å². The lowest BCUT2D eigenvalue weighted by Gasteiger charge is -2.18. The maximum absolute atomic E-state index is 11.0. The molecule has 2 saturated heterocycles. The number of carbonyl (C=O) groups is 2. The number of allylic oxidation sites excluding steroid dienone is 3. The molecule has 0 aromatic rings. The highest BCUT2D eigenvalue weighted by molar-refractivity contribution is 5.90. The molecular formula is C22H32O4. The zero-order valence-electron chi connectivity index (χ0n) is 15.8. The number of Topliss-reactive ketones (excluding diaryl/α,β-unsaturated/α-hetero) is 1. The van der Waals surface area contributed by atoms with Crippen LogP contribution in [0.4, 0.5) is 0 Å². The molecule has 0 spiro atoms. The smallest absolute Gasteiger partial charge is 0.155 e. The highest BCUT2D eigenvalue weighted by Gasteiger charge is 2.21. The second-order valence-corrected chi connectivity index (χ2v) is 7.94. The Morgan fingerprint density at radius 1 is 0.923 bits per heavy atom. The van der Waals surface area contributed by atoms with Crippen molar-refractivity contribution in [3.63, 3.8) is 0 Å². The molecule has 2 fully saturated rings.